The van der Waals surface area contributed by atoms with Crippen LogP contribution >= 0.6 is 0 Å². The van der Waals surface area contributed by atoms with Crippen LogP contribution in [0.25, 0.3) is 0 Å². The lowest BCUT2D eigenvalue weighted by molar-refractivity contribution is 0.405. The van der Waals surface area contributed by atoms with Gasteiger partial charge in [-0.1, -0.05) is 17.3 Å². The molecule has 0 aliphatic rings. The minimum Gasteiger partial charge on any atom is -0.497 e. The minimum atomic E-state index is 0.262. The van der Waals surface area contributed by atoms with Gasteiger partial charge >= 0.3 is 0 Å². The van der Waals surface area contributed by atoms with E-state index in [1.807, 2.05) is 18.2 Å². The third kappa shape index (κ3) is 3.07. The molecule has 17 heavy (non-hydrogen) atoms. The molecule has 4 heteroatoms. The van der Waals surface area contributed by atoms with E-state index in [2.05, 4.69) is 29.5 Å². The molecule has 0 saturated carbocycles. The largest absolute Gasteiger partial charge is 0.497 e. The summed E-state index contributed by atoms with van der Waals surface area (Å²) in [6.45, 7) is 2.81. The van der Waals surface area contributed by atoms with Crippen molar-refractivity contribution in [2.45, 2.75) is 19.5 Å². The van der Waals surface area contributed by atoms with Gasteiger partial charge in [0.15, 0.2) is 0 Å². The molecule has 4 nitrogen and oxygen atoms in total. The van der Waals surface area contributed by atoms with E-state index < -0.39 is 0 Å². The highest BCUT2D eigenvalue weighted by atomic mass is 16.5. The Morgan fingerprint density at radius 1 is 1.29 bits per heavy atom. The van der Waals surface area contributed by atoms with E-state index in [4.69, 9.17) is 9.26 Å². The van der Waals surface area contributed by atoms with E-state index in [0.29, 0.717) is 6.54 Å². The molecule has 0 fully saturated rings. The first kappa shape index (κ1) is 11.7. The minimum absolute atomic E-state index is 0.262. The Kier molecular flexibility index (Phi) is 3.77. The Balaban J connectivity index is 1.92. The van der Waals surface area contributed by atoms with Crippen molar-refractivity contribution in [2.24, 2.45) is 0 Å². The van der Waals surface area contributed by atoms with Gasteiger partial charge in [-0.2, -0.15) is 0 Å². The zero-order valence-corrected chi connectivity index (χ0v) is 10.0. The number of hydrogen-bond donors (Lipinski definition) is 1. The summed E-state index contributed by atoms with van der Waals surface area (Å²) < 4.78 is 9.90. The fourth-order valence-corrected chi connectivity index (χ4v) is 1.60. The van der Waals surface area contributed by atoms with Crippen LogP contribution in [0.2, 0.25) is 0 Å². The second kappa shape index (κ2) is 5.50. The number of aromatic nitrogens is 1. The van der Waals surface area contributed by atoms with Crippen LogP contribution in [0, 0.1) is 0 Å². The highest BCUT2D eigenvalue weighted by Crippen LogP contribution is 2.17. The SMILES string of the molecule is COc1ccc(C(C)NCc2ccon2)cc1. The Labute approximate surface area is 101 Å². The molecule has 1 aromatic heterocycles. The van der Waals surface area contributed by atoms with Gasteiger partial charge in [-0.05, 0) is 24.6 Å². The Morgan fingerprint density at radius 3 is 2.65 bits per heavy atom. The standard InChI is InChI=1S/C13H16N2O2/c1-10(14-9-12-7-8-17-15-12)11-3-5-13(16-2)6-4-11/h3-8,10,14H,9H2,1-2H3. The smallest absolute Gasteiger partial charge is 0.124 e. The molecule has 0 aliphatic heterocycles. The summed E-state index contributed by atoms with van der Waals surface area (Å²) in [6, 6.07) is 10.2. The summed E-state index contributed by atoms with van der Waals surface area (Å²) in [5, 5.41) is 7.23. The topological polar surface area (TPSA) is 47.3 Å². The maximum absolute atomic E-state index is 5.12. The molecule has 1 aromatic carbocycles. The summed E-state index contributed by atoms with van der Waals surface area (Å²) in [4.78, 5) is 0. The molecule has 0 bridgehead atoms. The molecule has 90 valence electrons. The van der Waals surface area contributed by atoms with Crippen molar-refractivity contribution in [1.82, 2.24) is 10.5 Å². The summed E-state index contributed by atoms with van der Waals surface area (Å²) in [5.41, 5.74) is 2.12. The second-order valence-corrected chi connectivity index (χ2v) is 3.87. The van der Waals surface area contributed by atoms with Crippen molar-refractivity contribution in [2.75, 3.05) is 7.11 Å². The van der Waals surface area contributed by atoms with Gasteiger partial charge in [0.2, 0.25) is 0 Å². The second-order valence-electron chi connectivity index (χ2n) is 3.87. The van der Waals surface area contributed by atoms with Crippen LogP contribution in [0.5, 0.6) is 5.75 Å². The van der Waals surface area contributed by atoms with E-state index in [1.54, 1.807) is 13.4 Å². The Hall–Kier alpha value is -1.81. The number of nitrogens with zero attached hydrogens (tertiary/aromatic N) is 1. The van der Waals surface area contributed by atoms with E-state index in [-0.39, 0.29) is 6.04 Å². The number of rotatable bonds is 5. The average molecular weight is 232 g/mol. The third-order valence-electron chi connectivity index (χ3n) is 2.70. The highest BCUT2D eigenvalue weighted by molar-refractivity contribution is 5.28. The molecule has 1 heterocycles. The number of nitrogens with one attached hydrogen (secondary N) is 1. The predicted octanol–water partition coefficient (Wildman–Crippen LogP) is 2.53. The molecule has 0 radical (unpaired) electrons. The summed E-state index contributed by atoms with van der Waals surface area (Å²) in [5.74, 6) is 0.873. The molecule has 0 amide bonds. The van der Waals surface area contributed by atoms with Gasteiger partial charge in [-0.15, -0.1) is 0 Å². The first-order chi connectivity index (χ1) is 8.29. The van der Waals surface area contributed by atoms with E-state index >= 15 is 0 Å². The zero-order chi connectivity index (χ0) is 12.1. The first-order valence-electron chi connectivity index (χ1n) is 5.56. The van der Waals surface area contributed by atoms with E-state index in [1.165, 1.54) is 5.56 Å². The lowest BCUT2D eigenvalue weighted by atomic mass is 10.1. The van der Waals surface area contributed by atoms with Crippen molar-refractivity contribution in [3.05, 3.63) is 47.9 Å². The maximum Gasteiger partial charge on any atom is 0.124 e. The average Bonchev–Trinajstić information content (AvgIpc) is 2.89. The lowest BCUT2D eigenvalue weighted by Gasteiger charge is -2.13. The quantitative estimate of drug-likeness (QED) is 0.860. The van der Waals surface area contributed by atoms with Crippen molar-refractivity contribution in [1.29, 1.82) is 0 Å². The first-order valence-corrected chi connectivity index (χ1v) is 5.56. The summed E-state index contributed by atoms with van der Waals surface area (Å²) >= 11 is 0. The molecule has 1 unspecified atom stereocenters. The van der Waals surface area contributed by atoms with E-state index in [9.17, 15) is 0 Å². The molecular formula is C13H16N2O2. The van der Waals surface area contributed by atoms with Crippen LogP contribution < -0.4 is 10.1 Å². The van der Waals surface area contributed by atoms with Crippen molar-refractivity contribution < 1.29 is 9.26 Å². The molecule has 0 spiro atoms. The van der Waals surface area contributed by atoms with Gasteiger partial charge < -0.3 is 14.6 Å². The van der Waals surface area contributed by atoms with Gasteiger partial charge in [-0.25, -0.2) is 0 Å². The zero-order valence-electron chi connectivity index (χ0n) is 10.0. The van der Waals surface area contributed by atoms with Crippen molar-refractivity contribution >= 4 is 0 Å². The molecule has 2 aromatic rings. The van der Waals surface area contributed by atoms with Crippen molar-refractivity contribution in [3.8, 4) is 5.75 Å². The fourth-order valence-electron chi connectivity index (χ4n) is 1.60. The van der Waals surface area contributed by atoms with Gasteiger partial charge in [0, 0.05) is 18.7 Å². The van der Waals surface area contributed by atoms with Crippen LogP contribution in [0.1, 0.15) is 24.2 Å². The third-order valence-corrected chi connectivity index (χ3v) is 2.70. The van der Waals surface area contributed by atoms with Crippen LogP contribution in [-0.2, 0) is 6.54 Å². The number of benzene rings is 1. The summed E-state index contributed by atoms with van der Waals surface area (Å²) in [6.07, 6.45) is 1.58. The normalized spacial score (nSPS) is 12.4. The lowest BCUT2D eigenvalue weighted by Crippen LogP contribution is -2.18. The molecule has 1 N–H and O–H groups in total. The number of ether oxygens (including phenoxy) is 1. The molecule has 2 rings (SSSR count). The van der Waals surface area contributed by atoms with Crippen molar-refractivity contribution in [3.63, 3.8) is 0 Å². The predicted molar refractivity (Wildman–Crippen MR) is 64.8 cm³/mol. The van der Waals surface area contributed by atoms with Gasteiger partial charge in [-0.3, -0.25) is 0 Å². The monoisotopic (exact) mass is 232 g/mol. The highest BCUT2D eigenvalue weighted by Gasteiger charge is 2.05. The van der Waals surface area contributed by atoms with Gasteiger partial charge in [0.25, 0.3) is 0 Å². The number of hydrogen-bond acceptors (Lipinski definition) is 4. The van der Waals surface area contributed by atoms with Crippen LogP contribution in [0.15, 0.2) is 41.1 Å². The van der Waals surface area contributed by atoms with Crippen LogP contribution in [0.4, 0.5) is 0 Å². The Bertz CT molecular complexity index is 437. The van der Waals surface area contributed by atoms with Crippen LogP contribution in [0.3, 0.4) is 0 Å². The fraction of sp³-hybridized carbons (Fsp3) is 0.308. The molecular weight excluding hydrogens is 216 g/mol. The van der Waals surface area contributed by atoms with Gasteiger partial charge in [0.1, 0.15) is 12.0 Å². The van der Waals surface area contributed by atoms with E-state index in [0.717, 1.165) is 11.4 Å². The molecule has 0 saturated heterocycles. The number of methoxy groups -OCH3 is 1. The summed E-state index contributed by atoms with van der Waals surface area (Å²) in [7, 11) is 1.67. The maximum atomic E-state index is 5.12. The molecule has 0 aliphatic carbocycles. The Morgan fingerprint density at radius 2 is 2.06 bits per heavy atom. The van der Waals surface area contributed by atoms with Crippen LogP contribution in [-0.4, -0.2) is 12.3 Å². The van der Waals surface area contributed by atoms with Gasteiger partial charge in [0.05, 0.1) is 12.8 Å². The molecule has 1 atom stereocenters.